The summed E-state index contributed by atoms with van der Waals surface area (Å²) in [5.41, 5.74) is -0.789. The molecule has 1 saturated heterocycles. The summed E-state index contributed by atoms with van der Waals surface area (Å²) in [5.74, 6) is -4.30. The molecule has 1 aromatic carbocycles. The first-order valence-electron chi connectivity index (χ1n) is 9.26. The van der Waals surface area contributed by atoms with Gasteiger partial charge in [0.2, 0.25) is 5.95 Å². The third-order valence-electron chi connectivity index (χ3n) is 5.03. The number of benzene rings is 1. The molecular weight excluding hydrogens is 460 g/mol. The van der Waals surface area contributed by atoms with Crippen molar-refractivity contribution in [1.82, 2.24) is 9.88 Å². The summed E-state index contributed by atoms with van der Waals surface area (Å²) >= 11 is 6.07. The summed E-state index contributed by atoms with van der Waals surface area (Å²) in [4.78, 5) is 5.37. The van der Waals surface area contributed by atoms with Crippen LogP contribution in [0, 0.1) is 23.0 Å². The largest absolute Gasteiger partial charge is 0.369 e. The molecule has 0 aliphatic carbocycles. The molecular formula is C19H21ClF4N4O2S. The van der Waals surface area contributed by atoms with E-state index in [0.717, 1.165) is 18.2 Å². The Morgan fingerprint density at radius 1 is 1.29 bits per heavy atom. The third kappa shape index (κ3) is 4.88. The van der Waals surface area contributed by atoms with Gasteiger partial charge < -0.3 is 9.80 Å². The molecule has 1 aliphatic rings. The summed E-state index contributed by atoms with van der Waals surface area (Å²) in [6.45, 7) is 0.270. The first-order valence-corrected chi connectivity index (χ1v) is 11.1. The number of hydrogen-bond acceptors (Lipinski definition) is 5. The smallest absolute Gasteiger partial charge is 0.268 e. The number of rotatable bonds is 7. The molecule has 12 heteroatoms. The quantitative estimate of drug-likeness (QED) is 0.372. The highest BCUT2D eigenvalue weighted by Crippen LogP contribution is 2.40. The second kappa shape index (κ2) is 8.79. The lowest BCUT2D eigenvalue weighted by atomic mass is 9.88. The summed E-state index contributed by atoms with van der Waals surface area (Å²) in [5, 5.41) is -0.603. The second-order valence-corrected chi connectivity index (χ2v) is 9.83. The van der Waals surface area contributed by atoms with Crippen LogP contribution in [0.1, 0.15) is 6.42 Å². The fraction of sp³-hybridized carbons (Fsp3) is 0.421. The van der Waals surface area contributed by atoms with Gasteiger partial charge in [0.15, 0.2) is 10.7 Å². The summed E-state index contributed by atoms with van der Waals surface area (Å²) in [7, 11) is -1.20. The van der Waals surface area contributed by atoms with Gasteiger partial charge in [-0.1, -0.05) is 17.7 Å². The highest BCUT2D eigenvalue weighted by Gasteiger charge is 2.40. The van der Waals surface area contributed by atoms with Gasteiger partial charge in [0.1, 0.15) is 16.7 Å². The minimum Gasteiger partial charge on any atom is -0.369 e. The standard InChI is InChI=1S/C19H21ClF4N4O2S/c1-27(2)10-19(9-21)6-7-28(11-19)13-8-12(22)18(17(24)16(13)20)31(29,30)26-15-5-3-4-14(23)25-15/h3-5,8H,6-7,9-11H2,1-2H3,(H,25,26)/t19-/m1/s1. The number of halogens is 5. The minimum absolute atomic E-state index is 0.0615. The van der Waals surface area contributed by atoms with Crippen LogP contribution in [0.2, 0.25) is 5.02 Å². The summed E-state index contributed by atoms with van der Waals surface area (Å²) in [6, 6.07) is 4.09. The van der Waals surface area contributed by atoms with Crippen molar-refractivity contribution in [2.24, 2.45) is 5.41 Å². The molecule has 0 bridgehead atoms. The predicted molar refractivity (Wildman–Crippen MR) is 110 cm³/mol. The molecule has 31 heavy (non-hydrogen) atoms. The molecule has 1 fully saturated rings. The molecule has 170 valence electrons. The zero-order valence-electron chi connectivity index (χ0n) is 16.8. The Morgan fingerprint density at radius 3 is 2.61 bits per heavy atom. The van der Waals surface area contributed by atoms with Crippen molar-refractivity contribution in [3.8, 4) is 0 Å². The SMILES string of the molecule is CN(C)C[C@]1(CF)CCN(c2cc(F)c(S(=O)(=O)Nc3cccc(F)n3)c(F)c2Cl)C1. The van der Waals surface area contributed by atoms with E-state index in [4.69, 9.17) is 11.6 Å². The van der Waals surface area contributed by atoms with Crippen molar-refractivity contribution in [3.05, 3.63) is 46.9 Å². The van der Waals surface area contributed by atoms with Crippen LogP contribution in [0.5, 0.6) is 0 Å². The van der Waals surface area contributed by atoms with Gasteiger partial charge in [-0.2, -0.15) is 4.39 Å². The zero-order valence-corrected chi connectivity index (χ0v) is 18.4. The van der Waals surface area contributed by atoms with Crippen LogP contribution in [0.3, 0.4) is 0 Å². The van der Waals surface area contributed by atoms with Gasteiger partial charge in [-0.05, 0) is 32.6 Å². The van der Waals surface area contributed by atoms with Crippen LogP contribution in [-0.2, 0) is 10.0 Å². The van der Waals surface area contributed by atoms with Gasteiger partial charge in [-0.15, -0.1) is 0 Å². The first-order chi connectivity index (χ1) is 14.5. The maximum absolute atomic E-state index is 14.9. The Labute approximate surface area is 182 Å². The van der Waals surface area contributed by atoms with Crippen LogP contribution in [0.25, 0.3) is 0 Å². The Hall–Kier alpha value is -2.11. The highest BCUT2D eigenvalue weighted by atomic mass is 35.5. The lowest BCUT2D eigenvalue weighted by Gasteiger charge is -2.30. The van der Waals surface area contributed by atoms with E-state index in [0.29, 0.717) is 19.5 Å². The lowest BCUT2D eigenvalue weighted by Crippen LogP contribution is -2.38. The van der Waals surface area contributed by atoms with Crippen molar-refractivity contribution >= 4 is 33.1 Å². The molecule has 0 unspecified atom stereocenters. The highest BCUT2D eigenvalue weighted by molar-refractivity contribution is 7.92. The van der Waals surface area contributed by atoms with E-state index in [1.165, 1.54) is 11.0 Å². The number of hydrogen-bond donors (Lipinski definition) is 1. The maximum atomic E-state index is 14.9. The summed E-state index contributed by atoms with van der Waals surface area (Å²) in [6.07, 6.45) is 0.439. The van der Waals surface area contributed by atoms with Crippen molar-refractivity contribution in [2.45, 2.75) is 11.3 Å². The van der Waals surface area contributed by atoms with E-state index >= 15 is 0 Å². The normalized spacial score (nSPS) is 19.3. The van der Waals surface area contributed by atoms with Gasteiger partial charge in [-0.25, -0.2) is 22.2 Å². The monoisotopic (exact) mass is 480 g/mol. The van der Waals surface area contributed by atoms with Gasteiger partial charge in [-0.3, -0.25) is 9.11 Å². The topological polar surface area (TPSA) is 65.5 Å². The van der Waals surface area contributed by atoms with E-state index in [9.17, 15) is 26.0 Å². The van der Waals surface area contributed by atoms with Crippen molar-refractivity contribution < 1.29 is 26.0 Å². The van der Waals surface area contributed by atoms with Gasteiger partial charge in [0, 0.05) is 31.1 Å². The summed E-state index contributed by atoms with van der Waals surface area (Å²) < 4.78 is 83.6. The van der Waals surface area contributed by atoms with Crippen LogP contribution in [0.4, 0.5) is 29.1 Å². The van der Waals surface area contributed by atoms with Gasteiger partial charge in [0.25, 0.3) is 10.0 Å². The van der Waals surface area contributed by atoms with E-state index < -0.39 is 55.4 Å². The Balaban J connectivity index is 1.94. The fourth-order valence-electron chi connectivity index (χ4n) is 3.79. The number of sulfonamides is 1. The Morgan fingerprint density at radius 2 is 2.00 bits per heavy atom. The van der Waals surface area contributed by atoms with Gasteiger partial charge >= 0.3 is 0 Å². The molecule has 1 aromatic heterocycles. The van der Waals surface area contributed by atoms with Crippen molar-refractivity contribution in [3.63, 3.8) is 0 Å². The van der Waals surface area contributed by atoms with Crippen LogP contribution in [0.15, 0.2) is 29.2 Å². The predicted octanol–water partition coefficient (Wildman–Crippen LogP) is 3.68. The number of aromatic nitrogens is 1. The number of nitrogens with zero attached hydrogens (tertiary/aromatic N) is 3. The van der Waals surface area contributed by atoms with E-state index in [1.54, 1.807) is 14.1 Å². The van der Waals surface area contributed by atoms with E-state index in [1.807, 2.05) is 9.62 Å². The molecule has 0 spiro atoms. The number of alkyl halides is 1. The number of anilines is 2. The molecule has 1 N–H and O–H groups in total. The lowest BCUT2D eigenvalue weighted by molar-refractivity contribution is 0.170. The first kappa shape index (κ1) is 23.6. The molecule has 1 atom stereocenters. The Bertz CT molecular complexity index is 1090. The van der Waals surface area contributed by atoms with Crippen LogP contribution < -0.4 is 9.62 Å². The van der Waals surface area contributed by atoms with Crippen molar-refractivity contribution in [2.75, 3.05) is 50.0 Å². The van der Waals surface area contributed by atoms with Crippen molar-refractivity contribution in [1.29, 1.82) is 0 Å². The van der Waals surface area contributed by atoms with Crippen LogP contribution >= 0.6 is 11.6 Å². The van der Waals surface area contributed by atoms with E-state index in [-0.39, 0.29) is 12.2 Å². The number of nitrogens with one attached hydrogen (secondary N) is 1. The zero-order chi connectivity index (χ0) is 23.0. The average molecular weight is 481 g/mol. The Kier molecular flexibility index (Phi) is 6.68. The molecule has 0 amide bonds. The van der Waals surface area contributed by atoms with E-state index in [2.05, 4.69) is 4.98 Å². The fourth-order valence-corrected chi connectivity index (χ4v) is 5.26. The average Bonchev–Trinajstić information content (AvgIpc) is 3.07. The third-order valence-corrected chi connectivity index (χ3v) is 6.78. The molecule has 0 radical (unpaired) electrons. The van der Waals surface area contributed by atoms with Gasteiger partial charge in [0.05, 0.1) is 12.4 Å². The second-order valence-electron chi connectivity index (χ2n) is 7.83. The van der Waals surface area contributed by atoms with Crippen LogP contribution in [-0.4, -0.2) is 58.7 Å². The molecule has 2 aromatic rings. The number of pyridine rings is 1. The maximum Gasteiger partial charge on any atom is 0.268 e. The molecule has 1 aliphatic heterocycles. The molecule has 6 nitrogen and oxygen atoms in total. The molecule has 0 saturated carbocycles. The molecule has 3 rings (SSSR count). The molecule has 2 heterocycles. The minimum atomic E-state index is -4.80.